The minimum Gasteiger partial charge on any atom is -0.480 e. The predicted molar refractivity (Wildman–Crippen MR) is 41.1 cm³/mol. The second-order valence-corrected chi connectivity index (χ2v) is 3.93. The van der Waals surface area contributed by atoms with Gasteiger partial charge in [-0.05, 0) is 6.42 Å². The average molecular weight is 197 g/mol. The highest BCUT2D eigenvalue weighted by Crippen LogP contribution is 1.84. The number of aliphatic carboxylic acids is 1. The zero-order valence-corrected chi connectivity index (χ0v) is 7.17. The van der Waals surface area contributed by atoms with Crippen LogP contribution in [-0.4, -0.2) is 43.5 Å². The summed E-state index contributed by atoms with van der Waals surface area (Å²) in [5.41, 5.74) is 0. The number of aliphatic hydroxyl groups excluding tert-OH is 1. The molecule has 0 aliphatic heterocycles. The van der Waals surface area contributed by atoms with Crippen LogP contribution >= 0.6 is 0 Å². The summed E-state index contributed by atoms with van der Waals surface area (Å²) in [6.45, 7) is -0.0678. The maximum Gasteiger partial charge on any atom is 0.320 e. The van der Waals surface area contributed by atoms with E-state index in [2.05, 4.69) is 0 Å². The summed E-state index contributed by atoms with van der Waals surface area (Å²) < 4.78 is 23.5. The van der Waals surface area contributed by atoms with E-state index in [0.29, 0.717) is 0 Å². The van der Waals surface area contributed by atoms with Crippen LogP contribution in [0.3, 0.4) is 0 Å². The molecule has 0 aromatic heterocycles. The van der Waals surface area contributed by atoms with Crippen molar-refractivity contribution in [2.75, 3.05) is 18.9 Å². The van der Waals surface area contributed by atoms with Crippen molar-refractivity contribution in [1.82, 2.24) is 4.72 Å². The third kappa shape index (κ3) is 6.08. The van der Waals surface area contributed by atoms with E-state index < -0.39 is 21.7 Å². The van der Waals surface area contributed by atoms with Gasteiger partial charge >= 0.3 is 5.97 Å². The molecule has 12 heavy (non-hydrogen) atoms. The number of sulfonamides is 1. The number of hydrogen-bond donors (Lipinski definition) is 3. The number of hydrogen-bond acceptors (Lipinski definition) is 4. The normalized spacial score (nSPS) is 11.4. The molecule has 7 heteroatoms. The largest absolute Gasteiger partial charge is 0.480 e. The van der Waals surface area contributed by atoms with Crippen molar-refractivity contribution < 1.29 is 23.4 Å². The maximum atomic E-state index is 10.7. The zero-order valence-electron chi connectivity index (χ0n) is 6.36. The summed E-state index contributed by atoms with van der Waals surface area (Å²) in [5, 5.41) is 16.4. The van der Waals surface area contributed by atoms with Crippen LogP contribution in [0.2, 0.25) is 0 Å². The molecule has 0 heterocycles. The Morgan fingerprint density at radius 3 is 2.42 bits per heavy atom. The summed E-state index contributed by atoms with van der Waals surface area (Å²) >= 11 is 0. The quantitative estimate of drug-likeness (QED) is 0.444. The van der Waals surface area contributed by atoms with Crippen LogP contribution in [-0.2, 0) is 14.8 Å². The molecule has 0 aromatic rings. The van der Waals surface area contributed by atoms with Crippen molar-refractivity contribution in [3.8, 4) is 0 Å². The van der Waals surface area contributed by atoms with Gasteiger partial charge in [0.2, 0.25) is 10.0 Å². The van der Waals surface area contributed by atoms with Crippen LogP contribution in [0.15, 0.2) is 0 Å². The molecule has 0 saturated carbocycles. The summed E-state index contributed by atoms with van der Waals surface area (Å²) in [6, 6.07) is 0. The van der Waals surface area contributed by atoms with E-state index in [4.69, 9.17) is 10.2 Å². The first-order valence-electron chi connectivity index (χ1n) is 3.28. The Morgan fingerprint density at radius 2 is 2.00 bits per heavy atom. The number of rotatable bonds is 6. The van der Waals surface area contributed by atoms with Gasteiger partial charge in [-0.2, -0.15) is 0 Å². The first-order valence-corrected chi connectivity index (χ1v) is 4.93. The van der Waals surface area contributed by atoms with Crippen molar-refractivity contribution >= 4 is 16.0 Å². The van der Waals surface area contributed by atoms with Crippen molar-refractivity contribution in [3.63, 3.8) is 0 Å². The Balaban J connectivity index is 3.81. The fourth-order valence-electron chi connectivity index (χ4n) is 0.520. The molecule has 72 valence electrons. The van der Waals surface area contributed by atoms with E-state index in [-0.39, 0.29) is 19.6 Å². The fraction of sp³-hybridized carbons (Fsp3) is 0.800. The minimum absolute atomic E-state index is 0.0616. The summed E-state index contributed by atoms with van der Waals surface area (Å²) in [7, 11) is -3.71. The SMILES string of the molecule is O=C(O)CS(=O)(=O)NCCCO. The first-order chi connectivity index (χ1) is 5.48. The summed E-state index contributed by atoms with van der Waals surface area (Å²) in [4.78, 5) is 9.98. The molecule has 0 saturated heterocycles. The van der Waals surface area contributed by atoms with E-state index in [1.165, 1.54) is 0 Å². The fourth-order valence-corrected chi connectivity index (χ4v) is 1.40. The van der Waals surface area contributed by atoms with Gasteiger partial charge in [-0.15, -0.1) is 0 Å². The third-order valence-electron chi connectivity index (χ3n) is 0.970. The molecule has 3 N–H and O–H groups in total. The van der Waals surface area contributed by atoms with Crippen molar-refractivity contribution in [1.29, 1.82) is 0 Å². The van der Waals surface area contributed by atoms with Gasteiger partial charge < -0.3 is 10.2 Å². The zero-order chi connectivity index (χ0) is 9.61. The molecule has 0 rings (SSSR count). The van der Waals surface area contributed by atoms with Gasteiger partial charge in [-0.3, -0.25) is 4.79 Å². The summed E-state index contributed by atoms with van der Waals surface area (Å²) in [5.74, 6) is -2.33. The Bertz CT molecular complexity index is 234. The van der Waals surface area contributed by atoms with Crippen molar-refractivity contribution in [2.45, 2.75) is 6.42 Å². The molecule has 0 amide bonds. The lowest BCUT2D eigenvalue weighted by molar-refractivity contribution is -0.134. The number of nitrogens with one attached hydrogen (secondary N) is 1. The standard InChI is InChI=1S/C5H11NO5S/c7-3-1-2-6-12(10,11)4-5(8)9/h6-7H,1-4H2,(H,8,9). The number of aliphatic hydroxyl groups is 1. The van der Waals surface area contributed by atoms with Gasteiger partial charge in [-0.25, -0.2) is 13.1 Å². The lowest BCUT2D eigenvalue weighted by atomic mass is 10.5. The number of carboxylic acids is 1. The van der Waals surface area contributed by atoms with Gasteiger partial charge in [0.15, 0.2) is 5.75 Å². The molecule has 0 aliphatic carbocycles. The molecular formula is C5H11NO5S. The smallest absolute Gasteiger partial charge is 0.320 e. The number of carbonyl (C=O) groups is 1. The van der Waals surface area contributed by atoms with Gasteiger partial charge in [-0.1, -0.05) is 0 Å². The van der Waals surface area contributed by atoms with Crippen LogP contribution in [0.1, 0.15) is 6.42 Å². The molecule has 0 bridgehead atoms. The number of carboxylic acid groups (broad SMARTS) is 1. The lowest BCUT2D eigenvalue weighted by Gasteiger charge is -2.01. The molecule has 0 aliphatic rings. The van der Waals surface area contributed by atoms with Gasteiger partial charge in [0.05, 0.1) is 0 Å². The highest BCUT2D eigenvalue weighted by Gasteiger charge is 2.13. The van der Waals surface area contributed by atoms with Crippen molar-refractivity contribution in [3.05, 3.63) is 0 Å². The molecule has 0 spiro atoms. The van der Waals surface area contributed by atoms with Crippen LogP contribution in [0, 0.1) is 0 Å². The van der Waals surface area contributed by atoms with Gasteiger partial charge in [0.25, 0.3) is 0 Å². The van der Waals surface area contributed by atoms with Gasteiger partial charge in [0.1, 0.15) is 0 Å². The molecular weight excluding hydrogens is 186 g/mol. The van der Waals surface area contributed by atoms with E-state index in [1.807, 2.05) is 4.72 Å². The molecule has 0 aromatic carbocycles. The average Bonchev–Trinajstić information content (AvgIpc) is 1.84. The van der Waals surface area contributed by atoms with E-state index >= 15 is 0 Å². The Labute approximate surface area is 70.3 Å². The molecule has 0 fully saturated rings. The van der Waals surface area contributed by atoms with Gasteiger partial charge in [0, 0.05) is 13.2 Å². The van der Waals surface area contributed by atoms with Crippen LogP contribution in [0.25, 0.3) is 0 Å². The third-order valence-corrected chi connectivity index (χ3v) is 2.24. The molecule has 0 radical (unpaired) electrons. The molecule has 0 atom stereocenters. The van der Waals surface area contributed by atoms with Crippen LogP contribution < -0.4 is 4.72 Å². The monoisotopic (exact) mass is 197 g/mol. The maximum absolute atomic E-state index is 10.7. The highest BCUT2D eigenvalue weighted by molar-refractivity contribution is 7.90. The Morgan fingerprint density at radius 1 is 1.42 bits per heavy atom. The highest BCUT2D eigenvalue weighted by atomic mass is 32.2. The van der Waals surface area contributed by atoms with Crippen LogP contribution in [0.5, 0.6) is 0 Å². The van der Waals surface area contributed by atoms with E-state index in [1.54, 1.807) is 0 Å². The molecule has 6 nitrogen and oxygen atoms in total. The Hall–Kier alpha value is -0.660. The topological polar surface area (TPSA) is 104 Å². The second-order valence-electron chi connectivity index (χ2n) is 2.12. The summed E-state index contributed by atoms with van der Waals surface area (Å²) in [6.07, 6.45) is 0.277. The Kier molecular flexibility index (Phi) is 4.79. The lowest BCUT2D eigenvalue weighted by Crippen LogP contribution is -2.31. The van der Waals surface area contributed by atoms with E-state index in [9.17, 15) is 13.2 Å². The van der Waals surface area contributed by atoms with Crippen molar-refractivity contribution in [2.24, 2.45) is 0 Å². The predicted octanol–water partition coefficient (Wildman–Crippen LogP) is -1.63. The van der Waals surface area contributed by atoms with Crippen LogP contribution in [0.4, 0.5) is 0 Å². The van der Waals surface area contributed by atoms with E-state index in [0.717, 1.165) is 0 Å². The first kappa shape index (κ1) is 11.3. The minimum atomic E-state index is -3.71. The molecule has 0 unspecified atom stereocenters. The second kappa shape index (κ2) is 5.07.